The fourth-order valence-electron chi connectivity index (χ4n) is 4.33. The summed E-state index contributed by atoms with van der Waals surface area (Å²) in [6, 6.07) is 8.86. The van der Waals surface area contributed by atoms with Crippen molar-refractivity contribution in [3.05, 3.63) is 47.3 Å². The molecule has 0 radical (unpaired) electrons. The Labute approximate surface area is 187 Å². The molecule has 1 atom stereocenters. The first kappa shape index (κ1) is 21.9. The Hall–Kier alpha value is -2.35. The number of nitrogens with one attached hydrogen (secondary N) is 2. The molecule has 3 heterocycles. The molecule has 2 aliphatic heterocycles. The Bertz CT molecular complexity index is 865. The number of benzene rings is 1. The van der Waals surface area contributed by atoms with Crippen LogP contribution in [-0.2, 0) is 0 Å². The van der Waals surface area contributed by atoms with Crippen LogP contribution in [0.15, 0.2) is 40.7 Å². The largest absolute Gasteiger partial charge is 0.371 e. The maximum Gasteiger partial charge on any atom is 0.191 e. The smallest absolute Gasteiger partial charge is 0.191 e. The molecule has 31 heavy (non-hydrogen) atoms. The van der Waals surface area contributed by atoms with Crippen molar-refractivity contribution < 1.29 is 8.78 Å². The van der Waals surface area contributed by atoms with Crippen LogP contribution in [0.5, 0.6) is 0 Å². The highest BCUT2D eigenvalue weighted by Gasteiger charge is 2.24. The van der Waals surface area contributed by atoms with E-state index < -0.39 is 11.6 Å². The van der Waals surface area contributed by atoms with Gasteiger partial charge >= 0.3 is 0 Å². The second-order valence-corrected chi connectivity index (χ2v) is 9.20. The minimum atomic E-state index is -0.799. The first-order valence-electron chi connectivity index (χ1n) is 11.2. The summed E-state index contributed by atoms with van der Waals surface area (Å²) in [6.45, 7) is 7.41. The fraction of sp³-hybridized carbons (Fsp3) is 0.522. The van der Waals surface area contributed by atoms with Gasteiger partial charge in [-0.3, -0.25) is 4.99 Å². The molecule has 2 aliphatic rings. The van der Waals surface area contributed by atoms with E-state index in [4.69, 9.17) is 4.99 Å². The van der Waals surface area contributed by atoms with Crippen molar-refractivity contribution in [1.82, 2.24) is 10.6 Å². The van der Waals surface area contributed by atoms with Crippen molar-refractivity contribution in [3.63, 3.8) is 0 Å². The number of nitrogens with zero attached hydrogens (tertiary/aromatic N) is 3. The first-order valence-corrected chi connectivity index (χ1v) is 12.0. The number of rotatable bonds is 6. The van der Waals surface area contributed by atoms with Crippen molar-refractivity contribution in [3.8, 4) is 0 Å². The Morgan fingerprint density at radius 2 is 1.90 bits per heavy atom. The lowest BCUT2D eigenvalue weighted by Crippen LogP contribution is -2.48. The van der Waals surface area contributed by atoms with Gasteiger partial charge in [0, 0.05) is 57.1 Å². The lowest BCUT2D eigenvalue weighted by Gasteiger charge is -2.33. The van der Waals surface area contributed by atoms with Crippen molar-refractivity contribution in [1.29, 1.82) is 0 Å². The van der Waals surface area contributed by atoms with Crippen molar-refractivity contribution >= 4 is 28.0 Å². The van der Waals surface area contributed by atoms with Gasteiger partial charge < -0.3 is 20.4 Å². The molecule has 168 valence electrons. The number of anilines is 2. The van der Waals surface area contributed by atoms with E-state index in [2.05, 4.69) is 44.9 Å². The minimum Gasteiger partial charge on any atom is -0.371 e. The maximum absolute atomic E-state index is 13.6. The second-order valence-electron chi connectivity index (χ2n) is 8.28. The zero-order valence-corrected chi connectivity index (χ0v) is 18.8. The monoisotopic (exact) mass is 447 g/mol. The number of thiophene rings is 1. The molecule has 0 aliphatic carbocycles. The highest BCUT2D eigenvalue weighted by Crippen LogP contribution is 2.26. The summed E-state index contributed by atoms with van der Waals surface area (Å²) in [7, 11) is 0. The van der Waals surface area contributed by atoms with Crippen LogP contribution in [-0.4, -0.2) is 51.3 Å². The molecule has 2 fully saturated rings. The van der Waals surface area contributed by atoms with E-state index in [-0.39, 0.29) is 0 Å². The summed E-state index contributed by atoms with van der Waals surface area (Å²) >= 11 is 1.80. The van der Waals surface area contributed by atoms with E-state index in [9.17, 15) is 8.78 Å². The molecule has 1 aromatic carbocycles. The Kier molecular flexibility index (Phi) is 7.27. The number of hydrogen-bond acceptors (Lipinski definition) is 4. The second kappa shape index (κ2) is 10.3. The van der Waals surface area contributed by atoms with E-state index in [1.165, 1.54) is 17.1 Å². The highest BCUT2D eigenvalue weighted by molar-refractivity contribution is 7.14. The van der Waals surface area contributed by atoms with Crippen LogP contribution >= 0.6 is 11.3 Å². The normalized spacial score (nSPS) is 20.4. The van der Waals surface area contributed by atoms with Crippen LogP contribution in [0.25, 0.3) is 0 Å². The Morgan fingerprint density at radius 1 is 1.10 bits per heavy atom. The third-order valence-corrected chi connectivity index (χ3v) is 6.99. The predicted molar refractivity (Wildman–Crippen MR) is 125 cm³/mol. The summed E-state index contributed by atoms with van der Waals surface area (Å²) in [5.74, 6) is -0.304. The number of halogens is 2. The maximum atomic E-state index is 13.6. The van der Waals surface area contributed by atoms with E-state index in [1.54, 1.807) is 17.4 Å². The van der Waals surface area contributed by atoms with Gasteiger partial charge in [0.25, 0.3) is 0 Å². The summed E-state index contributed by atoms with van der Waals surface area (Å²) in [5.41, 5.74) is 0.743. The topological polar surface area (TPSA) is 42.9 Å². The molecule has 1 aromatic heterocycles. The van der Waals surface area contributed by atoms with E-state index in [0.717, 1.165) is 70.2 Å². The predicted octanol–water partition coefficient (Wildman–Crippen LogP) is 4.08. The van der Waals surface area contributed by atoms with Crippen LogP contribution in [0.3, 0.4) is 0 Å². The summed E-state index contributed by atoms with van der Waals surface area (Å²) < 4.78 is 26.8. The van der Waals surface area contributed by atoms with Crippen LogP contribution in [0.2, 0.25) is 0 Å². The molecular formula is C23H31F2N5S. The van der Waals surface area contributed by atoms with Gasteiger partial charge in [-0.2, -0.15) is 0 Å². The number of piperidine rings is 1. The van der Waals surface area contributed by atoms with Gasteiger partial charge in [0.1, 0.15) is 0 Å². The van der Waals surface area contributed by atoms with Crippen LogP contribution < -0.4 is 20.4 Å². The molecule has 4 rings (SSSR count). The third kappa shape index (κ3) is 5.67. The van der Waals surface area contributed by atoms with Crippen LogP contribution in [0.4, 0.5) is 19.5 Å². The average molecular weight is 448 g/mol. The molecule has 2 aromatic rings. The Morgan fingerprint density at radius 3 is 2.61 bits per heavy atom. The van der Waals surface area contributed by atoms with Gasteiger partial charge in [0.15, 0.2) is 17.6 Å². The molecular weight excluding hydrogens is 416 g/mol. The number of guanidine groups is 1. The minimum absolute atomic E-state index is 0.407. The quantitative estimate of drug-likeness (QED) is 0.517. The van der Waals surface area contributed by atoms with Gasteiger partial charge in [0.2, 0.25) is 0 Å². The number of aliphatic imine (C=N–C) groups is 1. The van der Waals surface area contributed by atoms with E-state index in [0.29, 0.717) is 12.0 Å². The fourth-order valence-corrected chi connectivity index (χ4v) is 5.11. The summed E-state index contributed by atoms with van der Waals surface area (Å²) in [6.07, 6.45) is 3.19. The van der Waals surface area contributed by atoms with Gasteiger partial charge in [-0.05, 0) is 61.7 Å². The standard InChI is InChI=1S/C23H31F2N5S/c1-2-26-23(28-18-8-11-29(12-9-18)22-4-3-13-31-22)27-15-17-7-10-30(16-17)19-5-6-20(24)21(25)14-19/h3-6,13-14,17-18H,2,7-12,15-16H2,1H3,(H2,26,27,28). The van der Waals surface area contributed by atoms with E-state index >= 15 is 0 Å². The van der Waals surface area contributed by atoms with Crippen LogP contribution in [0.1, 0.15) is 26.2 Å². The molecule has 1 unspecified atom stereocenters. The van der Waals surface area contributed by atoms with Gasteiger partial charge in [-0.25, -0.2) is 8.78 Å². The number of hydrogen-bond donors (Lipinski definition) is 2. The van der Waals surface area contributed by atoms with Crippen molar-refractivity contribution in [2.45, 2.75) is 32.2 Å². The van der Waals surface area contributed by atoms with Gasteiger partial charge in [0.05, 0.1) is 5.00 Å². The summed E-state index contributed by atoms with van der Waals surface area (Å²) in [4.78, 5) is 9.41. The van der Waals surface area contributed by atoms with Crippen LogP contribution in [0, 0.1) is 17.6 Å². The average Bonchev–Trinajstić information content (AvgIpc) is 3.47. The molecule has 0 bridgehead atoms. The molecule has 0 amide bonds. The van der Waals surface area contributed by atoms with Crippen molar-refractivity contribution in [2.24, 2.45) is 10.9 Å². The van der Waals surface area contributed by atoms with Gasteiger partial charge in [-0.15, -0.1) is 11.3 Å². The molecule has 2 saturated heterocycles. The molecule has 0 spiro atoms. The van der Waals surface area contributed by atoms with E-state index in [1.807, 2.05) is 0 Å². The zero-order chi connectivity index (χ0) is 21.6. The lowest BCUT2D eigenvalue weighted by molar-refractivity contribution is 0.462. The molecule has 8 heteroatoms. The molecule has 5 nitrogen and oxygen atoms in total. The molecule has 0 saturated carbocycles. The SMILES string of the molecule is CCNC(=NCC1CCN(c2ccc(F)c(F)c2)C1)NC1CCN(c2cccs2)CC1. The zero-order valence-electron chi connectivity index (χ0n) is 18.0. The van der Waals surface area contributed by atoms with Gasteiger partial charge in [-0.1, -0.05) is 0 Å². The summed E-state index contributed by atoms with van der Waals surface area (Å²) in [5, 5.41) is 10.5. The highest BCUT2D eigenvalue weighted by atomic mass is 32.1. The Balaban J connectivity index is 1.27. The van der Waals surface area contributed by atoms with Crippen molar-refractivity contribution in [2.75, 3.05) is 49.1 Å². The third-order valence-electron chi connectivity index (χ3n) is 6.06. The molecule has 2 N–H and O–H groups in total. The lowest BCUT2D eigenvalue weighted by atomic mass is 10.1. The first-order chi connectivity index (χ1) is 15.1.